The summed E-state index contributed by atoms with van der Waals surface area (Å²) in [6, 6.07) is 2.79. The fourth-order valence-corrected chi connectivity index (χ4v) is 1.14. The second-order valence-electron chi connectivity index (χ2n) is 1.51. The van der Waals surface area contributed by atoms with Crippen LogP contribution in [0.5, 0.6) is 5.95 Å². The summed E-state index contributed by atoms with van der Waals surface area (Å²) in [5.74, 6) is -0.160. The molecule has 0 saturated carbocycles. The molecule has 0 bridgehead atoms. The van der Waals surface area contributed by atoms with Gasteiger partial charge in [0.1, 0.15) is 0 Å². The van der Waals surface area contributed by atoms with Crippen LogP contribution in [0.3, 0.4) is 0 Å². The van der Waals surface area contributed by atoms with Gasteiger partial charge in [-0.1, -0.05) is 0 Å². The molecule has 0 aliphatic heterocycles. The fraction of sp³-hybridized carbons (Fsp3) is 0. The van der Waals surface area contributed by atoms with E-state index in [1.807, 2.05) is 0 Å². The minimum absolute atomic E-state index is 0.160. The Morgan fingerprint density at radius 3 is 2.70 bits per heavy atom. The quantitative estimate of drug-likeness (QED) is 0.641. The third-order valence-corrected chi connectivity index (χ3v) is 1.58. The summed E-state index contributed by atoms with van der Waals surface area (Å²) in [6.45, 7) is 0. The number of furan rings is 1. The molecule has 0 spiro atoms. The second kappa shape index (κ2) is 2.54. The third-order valence-electron chi connectivity index (χ3n) is 0.704. The summed E-state index contributed by atoms with van der Waals surface area (Å²) in [5.41, 5.74) is 0. The van der Waals surface area contributed by atoms with Crippen LogP contribution in [0.2, 0.25) is 0 Å². The van der Waals surface area contributed by atoms with E-state index >= 15 is 0 Å². The van der Waals surface area contributed by atoms with E-state index in [2.05, 4.69) is 8.14 Å². The van der Waals surface area contributed by atoms with Crippen LogP contribution in [-0.4, -0.2) is 22.7 Å². The van der Waals surface area contributed by atoms with Crippen molar-refractivity contribution < 1.29 is 20.1 Å². The van der Waals surface area contributed by atoms with Crippen molar-refractivity contribution in [1.29, 1.82) is 0 Å². The van der Waals surface area contributed by atoms with Crippen LogP contribution in [0, 0.1) is 0 Å². The molecule has 10 heavy (non-hydrogen) atoms. The van der Waals surface area contributed by atoms with Gasteiger partial charge in [-0.15, -0.1) is 0 Å². The Labute approximate surface area is 59.6 Å². The van der Waals surface area contributed by atoms with Crippen molar-refractivity contribution in [1.82, 2.24) is 0 Å². The molecule has 1 rings (SSSR count). The van der Waals surface area contributed by atoms with Crippen molar-refractivity contribution in [2.75, 3.05) is 0 Å². The summed E-state index contributed by atoms with van der Waals surface area (Å²) in [6.07, 6.45) is 1.26. The SMILES string of the molecule is O=[As](O)(O)Oc1ccco1. The zero-order chi connectivity index (χ0) is 7.61. The van der Waals surface area contributed by atoms with Crippen LogP contribution in [0.1, 0.15) is 0 Å². The first-order chi connectivity index (χ1) is 4.58. The van der Waals surface area contributed by atoms with E-state index < -0.39 is 14.5 Å². The zero-order valence-corrected chi connectivity index (χ0v) is 6.68. The molecule has 2 N–H and O–H groups in total. The third kappa shape index (κ3) is 2.31. The molecule has 0 unspecified atom stereocenters. The first kappa shape index (κ1) is 7.47. The molecule has 0 aliphatic rings. The summed E-state index contributed by atoms with van der Waals surface area (Å²) in [5, 5.41) is 0. The van der Waals surface area contributed by atoms with E-state index in [1.54, 1.807) is 0 Å². The second-order valence-corrected chi connectivity index (χ2v) is 3.96. The Kier molecular flexibility index (Phi) is 1.89. The normalized spacial score (nSPS) is 11.4. The van der Waals surface area contributed by atoms with Crippen LogP contribution >= 0.6 is 0 Å². The van der Waals surface area contributed by atoms with Gasteiger partial charge in [0.25, 0.3) is 0 Å². The Hall–Kier alpha value is -0.642. The standard InChI is InChI=1S/C4H5AsO5/c6-5(7,8)10-4-2-1-3-9-4/h1-3H,(H2,6,7,8). The minimum atomic E-state index is -5.01. The van der Waals surface area contributed by atoms with Gasteiger partial charge in [-0.2, -0.15) is 0 Å². The van der Waals surface area contributed by atoms with Gasteiger partial charge in [0.05, 0.1) is 0 Å². The van der Waals surface area contributed by atoms with E-state index in [0.717, 1.165) is 0 Å². The van der Waals surface area contributed by atoms with E-state index in [0.29, 0.717) is 0 Å². The van der Waals surface area contributed by atoms with Gasteiger partial charge in [0.2, 0.25) is 0 Å². The van der Waals surface area contributed by atoms with Crippen LogP contribution in [0.15, 0.2) is 22.8 Å². The fourth-order valence-electron chi connectivity index (χ4n) is 0.433. The van der Waals surface area contributed by atoms with Crippen molar-refractivity contribution in [3.63, 3.8) is 0 Å². The molecule has 0 fully saturated rings. The number of hydrogen-bond donors (Lipinski definition) is 2. The van der Waals surface area contributed by atoms with Gasteiger partial charge in [-0.3, -0.25) is 0 Å². The zero-order valence-electron chi connectivity index (χ0n) is 4.80. The van der Waals surface area contributed by atoms with Crippen LogP contribution < -0.4 is 3.73 Å². The van der Waals surface area contributed by atoms with E-state index in [4.69, 9.17) is 8.19 Å². The van der Waals surface area contributed by atoms with Gasteiger partial charge < -0.3 is 0 Å². The average Bonchev–Trinajstić information content (AvgIpc) is 2.12. The molecule has 6 heteroatoms. The van der Waals surface area contributed by atoms with Crippen LogP contribution in [-0.2, 0) is 3.74 Å². The maximum absolute atomic E-state index is 10.2. The van der Waals surface area contributed by atoms with E-state index in [1.165, 1.54) is 18.4 Å². The molecule has 1 aromatic rings. The van der Waals surface area contributed by atoms with Gasteiger partial charge >= 0.3 is 58.9 Å². The summed E-state index contributed by atoms with van der Waals surface area (Å²) in [4.78, 5) is 0. The summed E-state index contributed by atoms with van der Waals surface area (Å²) in [7, 11) is 0. The van der Waals surface area contributed by atoms with Crippen LogP contribution in [0.4, 0.5) is 0 Å². The van der Waals surface area contributed by atoms with Gasteiger partial charge in [-0.25, -0.2) is 0 Å². The number of rotatable bonds is 2. The molecule has 0 saturated heterocycles. The van der Waals surface area contributed by atoms with Crippen LogP contribution in [0.25, 0.3) is 0 Å². The Morgan fingerprint density at radius 1 is 1.60 bits per heavy atom. The first-order valence-electron chi connectivity index (χ1n) is 2.36. The molecule has 1 heterocycles. The molecule has 0 atom stereocenters. The number of hydrogen-bond acceptors (Lipinski definition) is 3. The van der Waals surface area contributed by atoms with Crippen molar-refractivity contribution in [2.45, 2.75) is 0 Å². The molecule has 0 aromatic carbocycles. The predicted octanol–water partition coefficient (Wildman–Crippen LogP) is -0.491. The van der Waals surface area contributed by atoms with Crippen molar-refractivity contribution in [2.24, 2.45) is 0 Å². The Balaban J connectivity index is 2.66. The Morgan fingerprint density at radius 2 is 2.30 bits per heavy atom. The average molecular weight is 208 g/mol. The summed E-state index contributed by atoms with van der Waals surface area (Å²) >= 11 is -5.01. The van der Waals surface area contributed by atoms with E-state index in [-0.39, 0.29) is 5.95 Å². The van der Waals surface area contributed by atoms with Gasteiger partial charge in [0, 0.05) is 0 Å². The first-order valence-corrected chi connectivity index (χ1v) is 5.58. The predicted molar refractivity (Wildman–Crippen MR) is 30.2 cm³/mol. The summed E-state index contributed by atoms with van der Waals surface area (Å²) < 4.78 is 35.3. The molecular formula is C4H5AsO5. The molecule has 56 valence electrons. The van der Waals surface area contributed by atoms with Crippen molar-refractivity contribution in [3.05, 3.63) is 18.4 Å². The van der Waals surface area contributed by atoms with Crippen molar-refractivity contribution >= 4 is 14.5 Å². The molecule has 0 aliphatic carbocycles. The van der Waals surface area contributed by atoms with E-state index in [9.17, 15) is 3.74 Å². The molecule has 0 amide bonds. The van der Waals surface area contributed by atoms with Gasteiger partial charge in [-0.05, 0) is 0 Å². The monoisotopic (exact) mass is 208 g/mol. The van der Waals surface area contributed by atoms with Crippen molar-refractivity contribution in [3.8, 4) is 5.95 Å². The van der Waals surface area contributed by atoms with Gasteiger partial charge in [0.15, 0.2) is 0 Å². The molecule has 1 aromatic heterocycles. The Bertz CT molecular complexity index is 234. The molecule has 0 radical (unpaired) electrons. The molecule has 5 nitrogen and oxygen atoms in total. The topological polar surface area (TPSA) is 79.9 Å². The molecular weight excluding hydrogens is 203 g/mol. The maximum atomic E-state index is 10.2.